The van der Waals surface area contributed by atoms with Crippen LogP contribution in [0.5, 0.6) is 0 Å². The van der Waals surface area contributed by atoms with Crippen molar-refractivity contribution in [2.45, 2.75) is 51.6 Å². The summed E-state index contributed by atoms with van der Waals surface area (Å²) in [6, 6.07) is 12.2. The fourth-order valence-electron chi connectivity index (χ4n) is 4.65. The minimum absolute atomic E-state index is 0.512. The number of benzene rings is 1. The van der Waals surface area contributed by atoms with E-state index in [4.69, 9.17) is 0 Å². The molecule has 2 atom stereocenters. The molecule has 0 spiro atoms. The number of hydrogen-bond donors (Lipinski definition) is 1. The van der Waals surface area contributed by atoms with Crippen LogP contribution in [0.15, 0.2) is 36.5 Å². The summed E-state index contributed by atoms with van der Waals surface area (Å²) in [5, 5.41) is 5.29. The molecule has 1 fully saturated rings. The molecule has 2 aromatic heterocycles. The summed E-state index contributed by atoms with van der Waals surface area (Å²) in [5.74, 6) is 0. The Hall–Kier alpha value is -2.39. The topological polar surface area (TPSA) is 29.9 Å². The Morgan fingerprint density at radius 1 is 1.15 bits per heavy atom. The van der Waals surface area contributed by atoms with E-state index in [1.807, 2.05) is 13.1 Å². The van der Waals surface area contributed by atoms with Crippen LogP contribution in [-0.2, 0) is 6.42 Å². The number of hydrogen-bond acceptors (Lipinski definition) is 2. The van der Waals surface area contributed by atoms with E-state index in [-0.39, 0.29) is 0 Å². The molecule has 1 saturated heterocycles. The lowest BCUT2D eigenvalue weighted by molar-refractivity contribution is 0.301. The van der Waals surface area contributed by atoms with Gasteiger partial charge in [0.05, 0.1) is 5.52 Å². The number of fused-ring (bicyclic) bond motifs is 6. The first kappa shape index (κ1) is 15.8. The van der Waals surface area contributed by atoms with E-state index in [2.05, 4.69) is 64.4 Å². The molecule has 3 heteroatoms. The maximum absolute atomic E-state index is 4.42. The zero-order chi connectivity index (χ0) is 17.7. The van der Waals surface area contributed by atoms with E-state index >= 15 is 0 Å². The monoisotopic (exact) mass is 343 g/mol. The highest BCUT2D eigenvalue weighted by atomic mass is 15.0. The molecule has 0 radical (unpaired) electrons. The Labute approximate surface area is 154 Å². The number of aromatic nitrogens is 2. The van der Waals surface area contributed by atoms with E-state index in [1.165, 1.54) is 47.0 Å². The number of nitrogens with zero attached hydrogens (tertiary/aromatic N) is 2. The van der Waals surface area contributed by atoms with Crippen molar-refractivity contribution in [2.24, 2.45) is 0 Å². The number of piperidine rings is 1. The third-order valence-corrected chi connectivity index (χ3v) is 5.92. The van der Waals surface area contributed by atoms with E-state index in [0.717, 1.165) is 17.7 Å². The molecule has 26 heavy (non-hydrogen) atoms. The van der Waals surface area contributed by atoms with E-state index in [9.17, 15) is 0 Å². The second-order valence-electron chi connectivity index (χ2n) is 7.85. The largest absolute Gasteiger partial charge is 0.320 e. The highest BCUT2D eigenvalue weighted by Gasteiger charge is 2.33. The maximum Gasteiger partial charge on any atom is 0.0529 e. The van der Waals surface area contributed by atoms with Gasteiger partial charge in [-0.25, -0.2) is 0 Å². The summed E-state index contributed by atoms with van der Waals surface area (Å²) < 4.78 is 2.43. The minimum Gasteiger partial charge on any atom is -0.320 e. The number of pyridine rings is 1. The van der Waals surface area contributed by atoms with E-state index < -0.39 is 0 Å². The Morgan fingerprint density at radius 2 is 2.08 bits per heavy atom. The molecular formula is C23H25N3. The van der Waals surface area contributed by atoms with Crippen LogP contribution in [0.25, 0.3) is 23.2 Å². The van der Waals surface area contributed by atoms with Gasteiger partial charge in [-0.15, -0.1) is 0 Å². The van der Waals surface area contributed by atoms with Crippen LogP contribution in [0.1, 0.15) is 53.4 Å². The smallest absolute Gasteiger partial charge is 0.0529 e. The average Bonchev–Trinajstić information content (AvgIpc) is 2.94. The van der Waals surface area contributed by atoms with Crippen molar-refractivity contribution in [3.63, 3.8) is 0 Å². The first-order valence-corrected chi connectivity index (χ1v) is 9.69. The quantitative estimate of drug-likeness (QED) is 0.708. The van der Waals surface area contributed by atoms with Crippen LogP contribution in [0, 0.1) is 13.8 Å². The Kier molecular flexibility index (Phi) is 3.71. The van der Waals surface area contributed by atoms with Crippen molar-refractivity contribution >= 4 is 23.2 Å². The summed E-state index contributed by atoms with van der Waals surface area (Å²) >= 11 is 0. The highest BCUT2D eigenvalue weighted by molar-refractivity contribution is 5.90. The first-order chi connectivity index (χ1) is 12.7. The van der Waals surface area contributed by atoms with Gasteiger partial charge in [-0.05, 0) is 68.5 Å². The van der Waals surface area contributed by atoms with Gasteiger partial charge < -0.3 is 9.88 Å². The number of nitrogens with one attached hydrogen (secondary N) is 1. The van der Waals surface area contributed by atoms with Crippen molar-refractivity contribution < 1.29 is 0 Å². The number of rotatable bonds is 2. The van der Waals surface area contributed by atoms with Gasteiger partial charge in [0.2, 0.25) is 0 Å². The summed E-state index contributed by atoms with van der Waals surface area (Å²) in [5.41, 5.74) is 7.89. The van der Waals surface area contributed by atoms with Crippen molar-refractivity contribution in [2.75, 3.05) is 0 Å². The van der Waals surface area contributed by atoms with Crippen LogP contribution >= 0.6 is 0 Å². The Morgan fingerprint density at radius 3 is 2.92 bits per heavy atom. The SMILES string of the molecule is Cc1ccc2c(c1)c1c(n2C=Cc2ccc(C)nc2)CC2CCCC1N2. The van der Waals surface area contributed by atoms with Crippen LogP contribution < -0.4 is 5.32 Å². The first-order valence-electron chi connectivity index (χ1n) is 9.69. The molecule has 2 bridgehead atoms. The van der Waals surface area contributed by atoms with E-state index in [0.29, 0.717) is 12.1 Å². The standard InChI is InChI=1S/C23H25N3/c1-15-6-9-21-19(12-15)23-20-5-3-4-18(25-20)13-22(23)26(21)11-10-17-8-7-16(2)24-14-17/h6-12,14,18,20,25H,3-5,13H2,1-2H3. The highest BCUT2D eigenvalue weighted by Crippen LogP contribution is 2.41. The fourth-order valence-corrected chi connectivity index (χ4v) is 4.65. The van der Waals surface area contributed by atoms with Gasteiger partial charge in [0.25, 0.3) is 0 Å². The molecule has 4 heterocycles. The third kappa shape index (κ3) is 2.58. The van der Waals surface area contributed by atoms with Gasteiger partial charge in [0.1, 0.15) is 0 Å². The lowest BCUT2D eigenvalue weighted by Crippen LogP contribution is -2.42. The Balaban J connectivity index is 1.67. The van der Waals surface area contributed by atoms with Crippen molar-refractivity contribution in [1.82, 2.24) is 14.9 Å². The summed E-state index contributed by atoms with van der Waals surface area (Å²) in [7, 11) is 0. The van der Waals surface area contributed by atoms with Crippen molar-refractivity contribution in [1.29, 1.82) is 0 Å². The molecule has 2 unspecified atom stereocenters. The van der Waals surface area contributed by atoms with E-state index in [1.54, 1.807) is 0 Å². The summed E-state index contributed by atoms with van der Waals surface area (Å²) in [6.45, 7) is 4.22. The lowest BCUT2D eigenvalue weighted by Gasteiger charge is -2.36. The maximum atomic E-state index is 4.42. The minimum atomic E-state index is 0.512. The fraction of sp³-hybridized carbons (Fsp3) is 0.348. The predicted octanol–water partition coefficient (Wildman–Crippen LogP) is 5.02. The van der Waals surface area contributed by atoms with Gasteiger partial charge >= 0.3 is 0 Å². The molecular weight excluding hydrogens is 318 g/mol. The lowest BCUT2D eigenvalue weighted by atomic mass is 9.84. The van der Waals surface area contributed by atoms with Gasteiger partial charge in [0, 0.05) is 47.7 Å². The molecule has 3 nitrogen and oxygen atoms in total. The molecule has 2 aliphatic heterocycles. The van der Waals surface area contributed by atoms with Crippen LogP contribution in [0.2, 0.25) is 0 Å². The Bertz CT molecular complexity index is 994. The zero-order valence-corrected chi connectivity index (χ0v) is 15.5. The molecule has 1 aromatic carbocycles. The molecule has 3 aromatic rings. The zero-order valence-electron chi connectivity index (χ0n) is 15.5. The molecule has 2 aliphatic rings. The molecule has 0 saturated carbocycles. The predicted molar refractivity (Wildman–Crippen MR) is 108 cm³/mol. The summed E-state index contributed by atoms with van der Waals surface area (Å²) in [6.07, 6.45) is 11.4. The molecule has 1 N–H and O–H groups in total. The third-order valence-electron chi connectivity index (χ3n) is 5.92. The summed E-state index contributed by atoms with van der Waals surface area (Å²) in [4.78, 5) is 4.42. The van der Waals surface area contributed by atoms with Crippen molar-refractivity contribution in [3.05, 3.63) is 64.6 Å². The molecule has 0 amide bonds. The van der Waals surface area contributed by atoms with Gasteiger partial charge in [-0.1, -0.05) is 17.7 Å². The van der Waals surface area contributed by atoms with Gasteiger partial charge in [-0.3, -0.25) is 4.98 Å². The van der Waals surface area contributed by atoms with Crippen LogP contribution in [0.3, 0.4) is 0 Å². The van der Waals surface area contributed by atoms with Gasteiger partial charge in [-0.2, -0.15) is 0 Å². The molecule has 132 valence electrons. The van der Waals surface area contributed by atoms with Crippen molar-refractivity contribution in [3.8, 4) is 0 Å². The van der Waals surface area contributed by atoms with Gasteiger partial charge in [0.15, 0.2) is 0 Å². The van der Waals surface area contributed by atoms with Crippen LogP contribution in [-0.4, -0.2) is 15.6 Å². The molecule has 5 rings (SSSR count). The second kappa shape index (κ2) is 6.10. The average molecular weight is 343 g/mol. The number of aryl methyl sites for hydroxylation is 2. The van der Waals surface area contributed by atoms with Crippen LogP contribution in [0.4, 0.5) is 0 Å². The second-order valence-corrected chi connectivity index (χ2v) is 7.85. The normalized spacial score (nSPS) is 22.1. The molecule has 0 aliphatic carbocycles.